The molecule has 2 N–H and O–H groups in total. The van der Waals surface area contributed by atoms with Gasteiger partial charge in [0.15, 0.2) is 6.08 Å². The van der Waals surface area contributed by atoms with E-state index in [-0.39, 0.29) is 16.1 Å². The molecule has 1 aliphatic heterocycles. The second-order valence-corrected chi connectivity index (χ2v) is 6.77. The molecule has 1 aliphatic rings. The van der Waals surface area contributed by atoms with E-state index in [2.05, 4.69) is 4.18 Å². The van der Waals surface area contributed by atoms with Gasteiger partial charge < -0.3 is 14.7 Å². The predicted octanol–water partition coefficient (Wildman–Crippen LogP) is 2.79. The van der Waals surface area contributed by atoms with Crippen molar-refractivity contribution >= 4 is 27.5 Å². The van der Waals surface area contributed by atoms with Crippen LogP contribution in [0.3, 0.4) is 0 Å². The maximum Gasteiger partial charge on any atom is 0.313 e. The van der Waals surface area contributed by atoms with Crippen molar-refractivity contribution in [2.24, 2.45) is 5.73 Å². The van der Waals surface area contributed by atoms with Crippen LogP contribution in [-0.4, -0.2) is 14.2 Å². The summed E-state index contributed by atoms with van der Waals surface area (Å²) >= 11 is 5.58. The summed E-state index contributed by atoms with van der Waals surface area (Å²) in [4.78, 5) is 12.7. The van der Waals surface area contributed by atoms with E-state index in [0.717, 1.165) is 18.2 Å². The molecule has 0 saturated carbocycles. The Hall–Kier alpha value is -2.58. The molecule has 0 radical (unpaired) electrons. The second-order valence-electron chi connectivity index (χ2n) is 5.09. The second kappa shape index (κ2) is 6.97. The van der Waals surface area contributed by atoms with Crippen molar-refractivity contribution in [3.8, 4) is 0 Å². The number of benzene rings is 2. The van der Waals surface area contributed by atoms with Crippen LogP contribution in [0.15, 0.2) is 60.2 Å². The first-order chi connectivity index (χ1) is 13.4. The molecule has 2 aromatic rings. The summed E-state index contributed by atoms with van der Waals surface area (Å²) in [6.45, 7) is 0. The van der Waals surface area contributed by atoms with E-state index in [1.807, 2.05) is 0 Å². The van der Waals surface area contributed by atoms with Crippen molar-refractivity contribution in [2.45, 2.75) is 11.8 Å². The standard InChI is InChI=1S/C17H13ClFNO5S/c18-12-7-6-11(8-13(12)19)15-14(21)16(17(20)24-15)25-26(22,23)9-10-4-2-1-3-5-10/h1-8,15H,9,20H2/t15-/m0/s1/i9D2,15D. The fraction of sp³-hybridized carbons (Fsp3) is 0.118. The van der Waals surface area contributed by atoms with E-state index >= 15 is 0 Å². The lowest BCUT2D eigenvalue weighted by Crippen LogP contribution is -2.16. The number of carbonyl (C=O) groups excluding carboxylic acids is 1. The number of hydrogen-bond donors (Lipinski definition) is 1. The lowest BCUT2D eigenvalue weighted by molar-refractivity contribution is -0.123. The largest absolute Gasteiger partial charge is 0.460 e. The normalized spacial score (nSPS) is 22.4. The molecule has 26 heavy (non-hydrogen) atoms. The molecule has 9 heteroatoms. The summed E-state index contributed by atoms with van der Waals surface area (Å²) in [5.74, 6) is -4.21. The molecular formula is C17H13ClFNO5S. The van der Waals surface area contributed by atoms with Crippen LogP contribution in [0.25, 0.3) is 0 Å². The lowest BCUT2D eigenvalue weighted by atomic mass is 10.1. The van der Waals surface area contributed by atoms with Crippen LogP contribution in [0.5, 0.6) is 0 Å². The van der Waals surface area contributed by atoms with Gasteiger partial charge in [-0.1, -0.05) is 48.0 Å². The molecule has 3 rings (SSSR count). The first-order valence-corrected chi connectivity index (χ1v) is 8.87. The SMILES string of the molecule is [2H]C([2H])(c1ccccc1)S(=O)(=O)OC1=C(N)O[C@@]([2H])(c2ccc(Cl)c(F)c2)C1=O. The number of halogens is 2. The number of ketones is 1. The quantitative estimate of drug-likeness (QED) is 0.775. The van der Waals surface area contributed by atoms with Crippen LogP contribution >= 0.6 is 11.6 Å². The van der Waals surface area contributed by atoms with Crippen LogP contribution < -0.4 is 5.73 Å². The molecule has 0 spiro atoms. The van der Waals surface area contributed by atoms with Gasteiger partial charge in [-0.2, -0.15) is 8.42 Å². The van der Waals surface area contributed by atoms with E-state index in [4.69, 9.17) is 26.2 Å². The van der Waals surface area contributed by atoms with Gasteiger partial charge in [0.25, 0.3) is 0 Å². The molecule has 0 aromatic heterocycles. The van der Waals surface area contributed by atoms with E-state index < -0.39 is 45.1 Å². The monoisotopic (exact) mass is 400 g/mol. The topological polar surface area (TPSA) is 95.7 Å². The lowest BCUT2D eigenvalue weighted by Gasteiger charge is -2.10. The highest BCUT2D eigenvalue weighted by atomic mass is 35.5. The van der Waals surface area contributed by atoms with Gasteiger partial charge in [0, 0.05) is 5.56 Å². The molecule has 0 bridgehead atoms. The number of carbonyl (C=O) groups is 1. The van der Waals surface area contributed by atoms with E-state index in [1.54, 1.807) is 6.07 Å². The zero-order valence-electron chi connectivity index (χ0n) is 15.9. The number of Topliss-reactive ketones (excluding diaryl/α,β-unsaturated/α-hetero) is 1. The zero-order chi connectivity index (χ0) is 21.6. The Morgan fingerprint density at radius 2 is 2.00 bits per heavy atom. The Morgan fingerprint density at radius 3 is 2.65 bits per heavy atom. The van der Waals surface area contributed by atoms with E-state index in [1.165, 1.54) is 24.3 Å². The minimum absolute atomic E-state index is 0.248. The van der Waals surface area contributed by atoms with Crippen molar-refractivity contribution < 1.29 is 30.6 Å². The molecule has 0 unspecified atom stereocenters. The van der Waals surface area contributed by atoms with Gasteiger partial charge in [0.1, 0.15) is 11.5 Å². The maximum absolute atomic E-state index is 13.7. The van der Waals surface area contributed by atoms with Crippen molar-refractivity contribution in [1.82, 2.24) is 0 Å². The molecular weight excluding hydrogens is 385 g/mol. The van der Waals surface area contributed by atoms with Crippen molar-refractivity contribution in [3.63, 3.8) is 0 Å². The third-order valence-electron chi connectivity index (χ3n) is 3.24. The number of rotatable bonds is 5. The van der Waals surface area contributed by atoms with Crippen molar-refractivity contribution in [2.75, 3.05) is 0 Å². The number of nitrogens with two attached hydrogens (primary N) is 1. The number of hydrogen-bond acceptors (Lipinski definition) is 6. The van der Waals surface area contributed by atoms with Crippen LogP contribution in [0.2, 0.25) is 5.02 Å². The highest BCUT2D eigenvalue weighted by molar-refractivity contribution is 7.86. The molecule has 1 atom stereocenters. The van der Waals surface area contributed by atoms with Crippen molar-refractivity contribution in [3.05, 3.63) is 82.1 Å². The van der Waals surface area contributed by atoms with Gasteiger partial charge in [0.2, 0.25) is 17.4 Å². The summed E-state index contributed by atoms with van der Waals surface area (Å²) in [5.41, 5.74) is 1.93. The van der Waals surface area contributed by atoms with E-state index in [0.29, 0.717) is 0 Å². The summed E-state index contributed by atoms with van der Waals surface area (Å²) in [5, 5.41) is -0.265. The van der Waals surface area contributed by atoms with E-state index in [9.17, 15) is 17.6 Å². The smallest absolute Gasteiger partial charge is 0.313 e. The first kappa shape index (κ1) is 14.6. The molecule has 0 amide bonds. The van der Waals surface area contributed by atoms with Gasteiger partial charge in [-0.15, -0.1) is 0 Å². The summed E-state index contributed by atoms with van der Waals surface area (Å²) < 4.78 is 72.4. The fourth-order valence-electron chi connectivity index (χ4n) is 2.11. The minimum Gasteiger partial charge on any atom is -0.460 e. The van der Waals surface area contributed by atoms with Crippen LogP contribution in [-0.2, 0) is 29.5 Å². The molecule has 0 fully saturated rings. The highest BCUT2D eigenvalue weighted by Gasteiger charge is 2.39. The maximum atomic E-state index is 13.7. The molecule has 136 valence electrons. The molecule has 2 aromatic carbocycles. The summed E-state index contributed by atoms with van der Waals surface area (Å²) in [6, 6.07) is 9.81. The Bertz CT molecular complexity index is 1130. The minimum atomic E-state index is -5.09. The highest BCUT2D eigenvalue weighted by Crippen LogP contribution is 2.33. The Balaban J connectivity index is 1.95. The number of ether oxygens (including phenoxy) is 1. The van der Waals surface area contributed by atoms with Gasteiger partial charge in [-0.3, -0.25) is 4.79 Å². The average Bonchev–Trinajstić information content (AvgIpc) is 2.88. The van der Waals surface area contributed by atoms with Gasteiger partial charge in [-0.25, -0.2) is 4.39 Å². The summed E-state index contributed by atoms with van der Waals surface area (Å²) in [7, 11) is -5.09. The average molecular weight is 401 g/mol. The summed E-state index contributed by atoms with van der Waals surface area (Å²) in [6.07, 6.45) is -2.63. The zero-order valence-corrected chi connectivity index (χ0v) is 14.5. The predicted molar refractivity (Wildman–Crippen MR) is 91.6 cm³/mol. The van der Waals surface area contributed by atoms with Gasteiger partial charge in [0.05, 0.1) is 9.13 Å². The molecule has 6 nitrogen and oxygen atoms in total. The van der Waals surface area contributed by atoms with Crippen LogP contribution in [0.4, 0.5) is 4.39 Å². The van der Waals surface area contributed by atoms with Crippen molar-refractivity contribution in [1.29, 1.82) is 0 Å². The Morgan fingerprint density at radius 1 is 1.31 bits per heavy atom. The van der Waals surface area contributed by atoms with Crippen LogP contribution in [0.1, 0.15) is 21.3 Å². The fourth-order valence-corrected chi connectivity index (χ4v) is 3.07. The Kier molecular flexibility index (Phi) is 3.91. The van der Waals surface area contributed by atoms with Gasteiger partial charge in [-0.05, 0) is 17.7 Å². The Labute approximate surface area is 158 Å². The third kappa shape index (κ3) is 3.81. The van der Waals surface area contributed by atoms with Crippen LogP contribution in [0, 0.1) is 5.82 Å². The molecule has 0 saturated heterocycles. The molecule has 1 heterocycles. The third-order valence-corrected chi connectivity index (χ3v) is 4.42. The molecule has 0 aliphatic carbocycles. The first-order valence-electron chi connectivity index (χ1n) is 8.59. The van der Waals surface area contributed by atoms with Gasteiger partial charge >= 0.3 is 10.1 Å².